The summed E-state index contributed by atoms with van der Waals surface area (Å²) in [5.74, 6) is 0.237. The average Bonchev–Trinajstić information content (AvgIpc) is 2.92. The molecule has 0 saturated carbocycles. The van der Waals surface area contributed by atoms with Crippen LogP contribution in [0.3, 0.4) is 0 Å². The second-order valence-corrected chi connectivity index (χ2v) is 15.4. The van der Waals surface area contributed by atoms with Gasteiger partial charge in [0.1, 0.15) is 12.2 Å². The molecule has 0 aliphatic heterocycles. The normalized spacial score (nSPS) is 13.1. The number of rotatable bonds is 22. The van der Waals surface area contributed by atoms with Gasteiger partial charge in [-0.1, -0.05) is 79.1 Å². The molecule has 236 valence electrons. The molecule has 0 bridgehead atoms. The summed E-state index contributed by atoms with van der Waals surface area (Å²) in [6, 6.07) is 0. The first-order valence-corrected chi connectivity index (χ1v) is 19.6. The van der Waals surface area contributed by atoms with E-state index >= 15 is 0 Å². The van der Waals surface area contributed by atoms with Gasteiger partial charge in [0.2, 0.25) is 0 Å². The first-order chi connectivity index (χ1) is 19.2. The van der Waals surface area contributed by atoms with E-state index < -0.39 is 34.0 Å². The number of ketones is 4. The molecule has 0 rings (SSSR count). The Labute approximate surface area is 269 Å². The topological polar surface area (TPSA) is 143 Å². The van der Waals surface area contributed by atoms with E-state index in [0.29, 0.717) is 0 Å². The summed E-state index contributed by atoms with van der Waals surface area (Å²) in [6.07, 6.45) is 6.89. The van der Waals surface area contributed by atoms with Gasteiger partial charge in [0.25, 0.3) is 0 Å². The van der Waals surface area contributed by atoms with Crippen LogP contribution in [0.4, 0.5) is 0 Å². The number of carbonyl (C=O) groups is 6. The molecule has 11 heteroatoms. The van der Waals surface area contributed by atoms with E-state index in [1.165, 1.54) is 0 Å². The number of aliphatic hydroxyl groups excluding tert-OH is 2. The van der Waals surface area contributed by atoms with Crippen LogP contribution >= 0.6 is 0 Å². The van der Waals surface area contributed by atoms with Crippen molar-refractivity contribution in [1.29, 1.82) is 0 Å². The number of Topliss-reactive ketones (excluding diaryl/α,β-unsaturated/α-hetero) is 4. The van der Waals surface area contributed by atoms with Crippen molar-refractivity contribution >= 4 is 79.8 Å². The average molecular weight is 724 g/mol. The number of aliphatic hydroxyl groups is 2. The van der Waals surface area contributed by atoms with Gasteiger partial charge in [0.05, 0.1) is 0 Å². The van der Waals surface area contributed by atoms with Crippen molar-refractivity contribution in [2.45, 2.75) is 140 Å². The molecule has 4 atom stereocenters. The molecule has 2 N–H and O–H groups in total. The SMILES string of the molecule is CC(=O)C[CH2][Sn+2][CH2]CC(C)=O.CCCCC(CC)CC(=O)C(O)C(=O)[S-].CCCCC(CC)CC(=O)C(O)C(=O)[S-]. The van der Waals surface area contributed by atoms with Gasteiger partial charge in [-0.05, 0) is 11.8 Å². The monoisotopic (exact) mass is 724 g/mol. The van der Waals surface area contributed by atoms with Crippen molar-refractivity contribution in [2.24, 2.45) is 11.8 Å². The van der Waals surface area contributed by atoms with Crippen molar-refractivity contribution in [3.63, 3.8) is 0 Å². The van der Waals surface area contributed by atoms with Crippen LogP contribution in [-0.4, -0.2) is 76.9 Å². The van der Waals surface area contributed by atoms with Crippen molar-refractivity contribution in [2.75, 3.05) is 0 Å². The molecule has 0 aliphatic rings. The quantitative estimate of drug-likeness (QED) is 0.0700. The molecule has 0 radical (unpaired) electrons. The van der Waals surface area contributed by atoms with Crippen LogP contribution in [-0.2, 0) is 54.0 Å². The largest absolute Gasteiger partial charge is 0.739 e. The predicted molar refractivity (Wildman–Crippen MR) is 169 cm³/mol. The van der Waals surface area contributed by atoms with E-state index in [2.05, 4.69) is 39.1 Å². The third-order valence-corrected chi connectivity index (χ3v) is 10.3. The van der Waals surface area contributed by atoms with E-state index in [1.54, 1.807) is 13.8 Å². The Morgan fingerprint density at radius 1 is 0.634 bits per heavy atom. The van der Waals surface area contributed by atoms with E-state index in [4.69, 9.17) is 10.2 Å². The number of hydrogen-bond donors (Lipinski definition) is 2. The van der Waals surface area contributed by atoms with E-state index in [0.717, 1.165) is 73.1 Å². The van der Waals surface area contributed by atoms with Crippen molar-refractivity contribution in [1.82, 2.24) is 0 Å². The second kappa shape index (κ2) is 29.3. The van der Waals surface area contributed by atoms with Crippen LogP contribution in [0.1, 0.15) is 119 Å². The standard InChI is InChI=1S/2C11H20O3S.2C4H7O.Sn/c2*1-3-5-6-8(4-2)7-9(12)10(13)11(14)15;2*1-3-4(2)5;/h2*8,10,13H,3-7H2,1-2H3,(H,14,15);2*1,3H2,2H3;/q;;;;+2/p-2. The summed E-state index contributed by atoms with van der Waals surface area (Å²) in [4.78, 5) is 65.0. The van der Waals surface area contributed by atoms with Gasteiger partial charge in [-0.25, -0.2) is 0 Å². The molecule has 0 fully saturated rings. The first kappa shape index (κ1) is 44.6. The van der Waals surface area contributed by atoms with E-state index in [9.17, 15) is 28.8 Å². The van der Waals surface area contributed by atoms with Crippen LogP contribution in [0.15, 0.2) is 0 Å². The van der Waals surface area contributed by atoms with Gasteiger partial charge in [-0.2, -0.15) is 0 Å². The van der Waals surface area contributed by atoms with Crippen molar-refractivity contribution in [3.05, 3.63) is 0 Å². The molecule has 0 aromatic heterocycles. The second-order valence-electron chi connectivity index (χ2n) is 10.3. The number of hydrogen-bond acceptors (Lipinski definition) is 10. The number of carbonyl (C=O) groups excluding carboxylic acids is 6. The molecule has 4 unspecified atom stereocenters. The fraction of sp³-hybridized carbons (Fsp3) is 0.800. The molecule has 0 saturated heterocycles. The van der Waals surface area contributed by atoms with Crippen LogP contribution in [0.25, 0.3) is 0 Å². The summed E-state index contributed by atoms with van der Waals surface area (Å²) in [5.41, 5.74) is 0. The van der Waals surface area contributed by atoms with E-state index in [1.807, 2.05) is 13.8 Å². The van der Waals surface area contributed by atoms with Gasteiger partial charge in [0, 0.05) is 23.1 Å². The maximum atomic E-state index is 11.4. The fourth-order valence-corrected chi connectivity index (χ4v) is 7.59. The Morgan fingerprint density at radius 2 is 0.951 bits per heavy atom. The van der Waals surface area contributed by atoms with Crippen LogP contribution < -0.4 is 0 Å². The first-order valence-electron chi connectivity index (χ1n) is 14.7. The van der Waals surface area contributed by atoms with Gasteiger partial charge >= 0.3 is 77.9 Å². The summed E-state index contributed by atoms with van der Waals surface area (Å²) in [6.45, 7) is 11.5. The molecule has 0 heterocycles. The maximum Gasteiger partial charge on any atom is 0.167 e. The Balaban J connectivity index is -0.000000536. The Morgan fingerprint density at radius 3 is 1.17 bits per heavy atom. The Kier molecular flexibility index (Phi) is 31.8. The summed E-state index contributed by atoms with van der Waals surface area (Å²) in [7, 11) is 0. The van der Waals surface area contributed by atoms with Gasteiger partial charge in [0.15, 0.2) is 11.6 Å². The molecule has 0 amide bonds. The minimum atomic E-state index is -1.59. The maximum absolute atomic E-state index is 11.4. The molecule has 0 spiro atoms. The molecule has 8 nitrogen and oxygen atoms in total. The van der Waals surface area contributed by atoms with Crippen LogP contribution in [0.5, 0.6) is 0 Å². The molecule has 0 aliphatic carbocycles. The van der Waals surface area contributed by atoms with Gasteiger partial charge < -0.3 is 45.1 Å². The molecular weight excluding hydrogens is 671 g/mol. The smallest absolute Gasteiger partial charge is 0.167 e. The van der Waals surface area contributed by atoms with Gasteiger partial charge in [-0.15, -0.1) is 0 Å². The minimum absolute atomic E-state index is 0.264. The number of unbranched alkanes of at least 4 members (excludes halogenated alkanes) is 2. The predicted octanol–water partition coefficient (Wildman–Crippen LogP) is 4.68. The molecule has 0 aromatic carbocycles. The van der Waals surface area contributed by atoms with E-state index in [-0.39, 0.29) is 57.4 Å². The third-order valence-electron chi connectivity index (χ3n) is 6.43. The minimum Gasteiger partial charge on any atom is -0.739 e. The Hall–Kier alpha value is -0.821. The summed E-state index contributed by atoms with van der Waals surface area (Å²) < 4.78 is 2.21. The molecule has 0 aromatic rings. The van der Waals surface area contributed by atoms with Crippen molar-refractivity contribution in [3.8, 4) is 0 Å². The summed E-state index contributed by atoms with van der Waals surface area (Å²) in [5, 5.41) is 16.6. The zero-order valence-electron chi connectivity index (χ0n) is 25.9. The summed E-state index contributed by atoms with van der Waals surface area (Å²) >= 11 is 8.12. The van der Waals surface area contributed by atoms with Crippen LogP contribution in [0, 0.1) is 11.8 Å². The Bertz CT molecular complexity index is 714. The zero-order valence-corrected chi connectivity index (χ0v) is 30.4. The molecule has 41 heavy (non-hydrogen) atoms. The van der Waals surface area contributed by atoms with Crippen LogP contribution in [0.2, 0.25) is 8.87 Å². The van der Waals surface area contributed by atoms with Crippen molar-refractivity contribution < 1.29 is 39.0 Å². The molecular formula is C30H52O8S2Sn. The third kappa shape index (κ3) is 29.0. The van der Waals surface area contributed by atoms with Gasteiger partial charge in [-0.3, -0.25) is 9.59 Å². The zero-order chi connectivity index (χ0) is 32.4. The fourth-order valence-electron chi connectivity index (χ4n) is 3.60.